The van der Waals surface area contributed by atoms with Crippen molar-refractivity contribution in [3.63, 3.8) is 0 Å². The van der Waals surface area contributed by atoms with E-state index in [0.717, 1.165) is 11.3 Å². The SMILES string of the molecule is CCOC(=O)c1ccc(C)c(NC(=S)NC2CCCC2)c1. The number of rotatable bonds is 4. The second-order valence-corrected chi connectivity index (χ2v) is 5.74. The first-order chi connectivity index (χ1) is 10.1. The van der Waals surface area contributed by atoms with Crippen LogP contribution < -0.4 is 10.6 Å². The fraction of sp³-hybridized carbons (Fsp3) is 0.500. The number of anilines is 1. The van der Waals surface area contributed by atoms with Gasteiger partial charge in [-0.2, -0.15) is 0 Å². The van der Waals surface area contributed by atoms with E-state index in [9.17, 15) is 4.79 Å². The molecular weight excluding hydrogens is 284 g/mol. The molecule has 4 nitrogen and oxygen atoms in total. The molecule has 1 aromatic carbocycles. The molecule has 1 aliphatic rings. The lowest BCUT2D eigenvalue weighted by atomic mass is 10.1. The Hall–Kier alpha value is -1.62. The van der Waals surface area contributed by atoms with E-state index in [1.807, 2.05) is 13.0 Å². The third-order valence-corrected chi connectivity index (χ3v) is 3.91. The van der Waals surface area contributed by atoms with Crippen molar-refractivity contribution in [2.24, 2.45) is 0 Å². The van der Waals surface area contributed by atoms with Crippen molar-refractivity contribution in [3.8, 4) is 0 Å². The number of nitrogens with one attached hydrogen (secondary N) is 2. The van der Waals surface area contributed by atoms with Crippen LogP contribution in [-0.2, 0) is 4.74 Å². The summed E-state index contributed by atoms with van der Waals surface area (Å²) < 4.78 is 5.02. The molecule has 0 amide bonds. The molecule has 0 atom stereocenters. The van der Waals surface area contributed by atoms with Crippen LogP contribution in [0.1, 0.15) is 48.5 Å². The zero-order chi connectivity index (χ0) is 15.2. The molecule has 1 aliphatic carbocycles. The van der Waals surface area contributed by atoms with Crippen LogP contribution in [0.25, 0.3) is 0 Å². The van der Waals surface area contributed by atoms with Crippen LogP contribution in [0, 0.1) is 6.92 Å². The first-order valence-corrected chi connectivity index (χ1v) is 7.86. The maximum absolute atomic E-state index is 11.8. The van der Waals surface area contributed by atoms with Crippen molar-refractivity contribution in [2.45, 2.75) is 45.6 Å². The Bertz CT molecular complexity index is 525. The minimum atomic E-state index is -0.310. The Balaban J connectivity index is 2.02. The molecule has 1 fully saturated rings. The molecule has 2 N–H and O–H groups in total. The van der Waals surface area contributed by atoms with Crippen LogP contribution in [-0.4, -0.2) is 23.7 Å². The maximum Gasteiger partial charge on any atom is 0.338 e. The van der Waals surface area contributed by atoms with Gasteiger partial charge in [0.05, 0.1) is 12.2 Å². The van der Waals surface area contributed by atoms with E-state index in [1.165, 1.54) is 25.7 Å². The highest BCUT2D eigenvalue weighted by molar-refractivity contribution is 7.80. The summed E-state index contributed by atoms with van der Waals surface area (Å²) in [5.74, 6) is -0.310. The summed E-state index contributed by atoms with van der Waals surface area (Å²) in [7, 11) is 0. The second kappa shape index (κ2) is 7.41. The standard InChI is InChI=1S/C16H22N2O2S/c1-3-20-15(19)12-9-8-11(2)14(10-12)18-16(21)17-13-6-4-5-7-13/h8-10,13H,3-7H2,1-2H3,(H2,17,18,21). The molecule has 0 aromatic heterocycles. The smallest absolute Gasteiger partial charge is 0.338 e. The molecular formula is C16H22N2O2S. The Kier molecular flexibility index (Phi) is 5.56. The summed E-state index contributed by atoms with van der Waals surface area (Å²) in [6.07, 6.45) is 4.86. The van der Waals surface area contributed by atoms with Crippen molar-refractivity contribution in [1.29, 1.82) is 0 Å². The number of benzene rings is 1. The Labute approximate surface area is 131 Å². The molecule has 0 bridgehead atoms. The maximum atomic E-state index is 11.8. The van der Waals surface area contributed by atoms with E-state index in [0.29, 0.717) is 23.3 Å². The van der Waals surface area contributed by atoms with Crippen molar-refractivity contribution in [2.75, 3.05) is 11.9 Å². The number of ether oxygens (including phenoxy) is 1. The number of thiocarbonyl (C=S) groups is 1. The molecule has 1 aromatic rings. The number of aryl methyl sites for hydroxylation is 1. The van der Waals surface area contributed by atoms with Crippen LogP contribution in [0.15, 0.2) is 18.2 Å². The molecule has 1 saturated carbocycles. The van der Waals surface area contributed by atoms with Crippen LogP contribution in [0.3, 0.4) is 0 Å². The molecule has 114 valence electrons. The van der Waals surface area contributed by atoms with E-state index < -0.39 is 0 Å². The molecule has 0 spiro atoms. The lowest BCUT2D eigenvalue weighted by Crippen LogP contribution is -2.36. The largest absolute Gasteiger partial charge is 0.462 e. The third-order valence-electron chi connectivity index (χ3n) is 3.69. The van der Waals surface area contributed by atoms with E-state index >= 15 is 0 Å². The molecule has 0 saturated heterocycles. The number of carbonyl (C=O) groups is 1. The normalized spacial score (nSPS) is 14.8. The van der Waals surface area contributed by atoms with Gasteiger partial charge < -0.3 is 15.4 Å². The minimum absolute atomic E-state index is 0.310. The van der Waals surface area contributed by atoms with Gasteiger partial charge in [-0.1, -0.05) is 18.9 Å². The van der Waals surface area contributed by atoms with Gasteiger partial charge in [0.2, 0.25) is 0 Å². The van der Waals surface area contributed by atoms with Crippen LogP contribution >= 0.6 is 12.2 Å². The average Bonchev–Trinajstić information content (AvgIpc) is 2.94. The van der Waals surface area contributed by atoms with E-state index in [1.54, 1.807) is 19.1 Å². The molecule has 0 heterocycles. The van der Waals surface area contributed by atoms with Gasteiger partial charge in [-0.05, 0) is 56.6 Å². The van der Waals surface area contributed by atoms with Gasteiger partial charge in [0.1, 0.15) is 0 Å². The number of esters is 1. The van der Waals surface area contributed by atoms with Crippen LogP contribution in [0.4, 0.5) is 5.69 Å². The number of carbonyl (C=O) groups excluding carboxylic acids is 1. The van der Waals surface area contributed by atoms with Gasteiger partial charge in [0.15, 0.2) is 5.11 Å². The molecule has 0 radical (unpaired) electrons. The molecule has 21 heavy (non-hydrogen) atoms. The average molecular weight is 306 g/mol. The summed E-state index contributed by atoms with van der Waals surface area (Å²) in [4.78, 5) is 11.8. The quantitative estimate of drug-likeness (QED) is 0.659. The summed E-state index contributed by atoms with van der Waals surface area (Å²) in [6.45, 7) is 4.15. The van der Waals surface area contributed by atoms with Gasteiger partial charge >= 0.3 is 5.97 Å². The Morgan fingerprint density at radius 1 is 1.38 bits per heavy atom. The van der Waals surface area contributed by atoms with E-state index in [4.69, 9.17) is 17.0 Å². The third kappa shape index (κ3) is 4.43. The van der Waals surface area contributed by atoms with Gasteiger partial charge in [-0.3, -0.25) is 0 Å². The van der Waals surface area contributed by atoms with Crippen molar-refractivity contribution in [1.82, 2.24) is 5.32 Å². The molecule has 0 unspecified atom stereocenters. The van der Waals surface area contributed by atoms with E-state index in [2.05, 4.69) is 10.6 Å². The van der Waals surface area contributed by atoms with Crippen molar-refractivity contribution >= 4 is 29.0 Å². The highest BCUT2D eigenvalue weighted by Gasteiger charge is 2.16. The Morgan fingerprint density at radius 3 is 2.76 bits per heavy atom. The number of hydrogen-bond donors (Lipinski definition) is 2. The zero-order valence-electron chi connectivity index (χ0n) is 12.6. The topological polar surface area (TPSA) is 50.4 Å². The Morgan fingerprint density at radius 2 is 2.10 bits per heavy atom. The highest BCUT2D eigenvalue weighted by Crippen LogP contribution is 2.20. The monoisotopic (exact) mass is 306 g/mol. The summed E-state index contributed by atoms with van der Waals surface area (Å²) in [5, 5.41) is 7.14. The zero-order valence-corrected chi connectivity index (χ0v) is 13.4. The van der Waals surface area contributed by atoms with Gasteiger partial charge in [-0.15, -0.1) is 0 Å². The molecule has 5 heteroatoms. The number of hydrogen-bond acceptors (Lipinski definition) is 3. The first-order valence-electron chi connectivity index (χ1n) is 7.45. The van der Waals surface area contributed by atoms with Gasteiger partial charge in [0.25, 0.3) is 0 Å². The predicted octanol–water partition coefficient (Wildman–Crippen LogP) is 3.40. The summed E-state index contributed by atoms with van der Waals surface area (Å²) in [5.41, 5.74) is 2.42. The van der Waals surface area contributed by atoms with Gasteiger partial charge in [-0.25, -0.2) is 4.79 Å². The minimum Gasteiger partial charge on any atom is -0.462 e. The van der Waals surface area contributed by atoms with Gasteiger partial charge in [0, 0.05) is 11.7 Å². The van der Waals surface area contributed by atoms with Crippen LogP contribution in [0.5, 0.6) is 0 Å². The first kappa shape index (κ1) is 15.8. The van der Waals surface area contributed by atoms with E-state index in [-0.39, 0.29) is 5.97 Å². The molecule has 0 aliphatic heterocycles. The summed E-state index contributed by atoms with van der Waals surface area (Å²) >= 11 is 5.35. The lowest BCUT2D eigenvalue weighted by Gasteiger charge is -2.17. The fourth-order valence-electron chi connectivity index (χ4n) is 2.51. The molecule has 2 rings (SSSR count). The summed E-state index contributed by atoms with van der Waals surface area (Å²) in [6, 6.07) is 5.92. The predicted molar refractivity (Wildman–Crippen MR) is 88.7 cm³/mol. The highest BCUT2D eigenvalue weighted by atomic mass is 32.1. The second-order valence-electron chi connectivity index (χ2n) is 5.33. The lowest BCUT2D eigenvalue weighted by molar-refractivity contribution is 0.0526. The van der Waals surface area contributed by atoms with Crippen molar-refractivity contribution in [3.05, 3.63) is 29.3 Å². The van der Waals surface area contributed by atoms with Crippen LogP contribution in [0.2, 0.25) is 0 Å². The fourth-order valence-corrected chi connectivity index (χ4v) is 2.79. The van der Waals surface area contributed by atoms with Crippen molar-refractivity contribution < 1.29 is 9.53 Å².